The molecule has 6 heterocycles. The standard InChI is InChI=1S/C60H42N4/c1-4-13-43(14-5-1)49-41-53-19-10-20-58(63(53)42-49)48-29-35-52(36-30-48)64(50-31-25-46(26-32-50)56-21-11-23-59-54(37-39-61(56)59)44-15-6-2-7-16-44)51-33-27-47(28-34-51)57-22-12-24-60-55(38-40-62(57)60)45-17-8-3-9-18-45/h1-42H. The van der Waals surface area contributed by atoms with Crippen LogP contribution in [0.25, 0.3) is 83.7 Å². The van der Waals surface area contributed by atoms with Crippen molar-refractivity contribution >= 4 is 33.6 Å². The van der Waals surface area contributed by atoms with Gasteiger partial charge in [-0.2, -0.15) is 0 Å². The third-order valence-electron chi connectivity index (χ3n) is 12.6. The van der Waals surface area contributed by atoms with Crippen LogP contribution >= 0.6 is 0 Å². The average Bonchev–Trinajstić information content (AvgIpc) is 4.14. The minimum atomic E-state index is 1.08. The van der Waals surface area contributed by atoms with Gasteiger partial charge in [0.05, 0.1) is 28.1 Å². The van der Waals surface area contributed by atoms with Gasteiger partial charge in [0.1, 0.15) is 0 Å². The lowest BCUT2D eigenvalue weighted by Gasteiger charge is -2.26. The molecule has 0 aliphatic rings. The number of anilines is 3. The maximum Gasteiger partial charge on any atom is 0.0534 e. The predicted molar refractivity (Wildman–Crippen MR) is 267 cm³/mol. The van der Waals surface area contributed by atoms with E-state index >= 15 is 0 Å². The largest absolute Gasteiger partial charge is 0.316 e. The highest BCUT2D eigenvalue weighted by Crippen LogP contribution is 2.39. The maximum absolute atomic E-state index is 2.36. The summed E-state index contributed by atoms with van der Waals surface area (Å²) < 4.78 is 6.90. The molecule has 0 aliphatic heterocycles. The van der Waals surface area contributed by atoms with Crippen molar-refractivity contribution in [3.63, 3.8) is 0 Å². The van der Waals surface area contributed by atoms with E-state index in [1.807, 2.05) is 0 Å². The number of hydrogen-bond acceptors (Lipinski definition) is 1. The second-order valence-electron chi connectivity index (χ2n) is 16.3. The zero-order valence-corrected chi connectivity index (χ0v) is 35.0. The molecule has 302 valence electrons. The molecule has 0 unspecified atom stereocenters. The number of aromatic nitrogens is 3. The lowest BCUT2D eigenvalue weighted by Crippen LogP contribution is -2.10. The molecule has 0 saturated carbocycles. The summed E-state index contributed by atoms with van der Waals surface area (Å²) in [5, 5.41) is 0. The van der Waals surface area contributed by atoms with E-state index in [0.29, 0.717) is 0 Å². The van der Waals surface area contributed by atoms with Crippen LogP contribution < -0.4 is 4.90 Å². The van der Waals surface area contributed by atoms with Crippen molar-refractivity contribution in [3.05, 3.63) is 255 Å². The molecular formula is C60H42N4. The Morgan fingerprint density at radius 2 is 0.656 bits per heavy atom. The number of hydrogen-bond donors (Lipinski definition) is 0. The van der Waals surface area contributed by atoms with E-state index in [4.69, 9.17) is 0 Å². The molecule has 0 radical (unpaired) electrons. The van der Waals surface area contributed by atoms with Gasteiger partial charge in [0.15, 0.2) is 0 Å². The number of fused-ring (bicyclic) bond motifs is 3. The topological polar surface area (TPSA) is 16.5 Å². The van der Waals surface area contributed by atoms with E-state index in [0.717, 1.165) is 50.8 Å². The third kappa shape index (κ3) is 6.57. The Labute approximate surface area is 372 Å². The molecule has 0 saturated heterocycles. The van der Waals surface area contributed by atoms with Crippen LogP contribution in [0.2, 0.25) is 0 Å². The summed E-state index contributed by atoms with van der Waals surface area (Å²) in [6.07, 6.45) is 6.62. The molecule has 0 fully saturated rings. The highest BCUT2D eigenvalue weighted by Gasteiger charge is 2.17. The van der Waals surface area contributed by atoms with Gasteiger partial charge in [-0.1, -0.05) is 146 Å². The Balaban J connectivity index is 0.924. The second kappa shape index (κ2) is 15.7. The fourth-order valence-electron chi connectivity index (χ4n) is 9.41. The molecule has 64 heavy (non-hydrogen) atoms. The van der Waals surface area contributed by atoms with Crippen molar-refractivity contribution in [2.24, 2.45) is 0 Å². The average molecular weight is 819 g/mol. The monoisotopic (exact) mass is 818 g/mol. The number of benzene rings is 6. The normalized spacial score (nSPS) is 11.4. The lowest BCUT2D eigenvalue weighted by atomic mass is 10.1. The third-order valence-corrected chi connectivity index (χ3v) is 12.6. The minimum absolute atomic E-state index is 1.08. The minimum Gasteiger partial charge on any atom is -0.316 e. The molecule has 6 aromatic carbocycles. The van der Waals surface area contributed by atoms with E-state index in [9.17, 15) is 0 Å². The van der Waals surface area contributed by atoms with Crippen LogP contribution in [0.3, 0.4) is 0 Å². The summed E-state index contributed by atoms with van der Waals surface area (Å²) in [7, 11) is 0. The quantitative estimate of drug-likeness (QED) is 0.142. The first-order valence-electron chi connectivity index (χ1n) is 21.8. The summed E-state index contributed by atoms with van der Waals surface area (Å²) in [5.74, 6) is 0. The number of nitrogens with zero attached hydrogens (tertiary/aromatic N) is 4. The van der Waals surface area contributed by atoms with Gasteiger partial charge in [0, 0.05) is 57.9 Å². The highest BCUT2D eigenvalue weighted by molar-refractivity contribution is 5.86. The van der Waals surface area contributed by atoms with Gasteiger partial charge in [-0.05, 0) is 124 Å². The fourth-order valence-corrected chi connectivity index (χ4v) is 9.41. The Morgan fingerprint density at radius 3 is 1.09 bits per heavy atom. The maximum atomic E-state index is 2.36. The lowest BCUT2D eigenvalue weighted by molar-refractivity contribution is 1.20. The van der Waals surface area contributed by atoms with Gasteiger partial charge in [-0.25, -0.2) is 0 Å². The molecule has 12 aromatic rings. The Hall–Kier alpha value is -8.60. The molecule has 0 aliphatic carbocycles. The highest BCUT2D eigenvalue weighted by atomic mass is 15.1. The van der Waals surface area contributed by atoms with Gasteiger partial charge >= 0.3 is 0 Å². The van der Waals surface area contributed by atoms with Crippen molar-refractivity contribution < 1.29 is 0 Å². The van der Waals surface area contributed by atoms with E-state index < -0.39 is 0 Å². The molecule has 0 bridgehead atoms. The molecule has 0 amide bonds. The van der Waals surface area contributed by atoms with Crippen LogP contribution in [-0.4, -0.2) is 13.2 Å². The summed E-state index contributed by atoms with van der Waals surface area (Å²) in [5.41, 5.74) is 21.0. The van der Waals surface area contributed by atoms with E-state index in [1.165, 1.54) is 49.9 Å². The van der Waals surface area contributed by atoms with Gasteiger partial charge in [-0.3, -0.25) is 0 Å². The Bertz CT molecular complexity index is 3320. The molecule has 0 spiro atoms. The molecule has 0 atom stereocenters. The summed E-state index contributed by atoms with van der Waals surface area (Å²) in [4.78, 5) is 2.36. The molecule has 6 aromatic heterocycles. The van der Waals surface area contributed by atoms with Crippen LogP contribution in [0.4, 0.5) is 17.1 Å². The molecule has 0 N–H and O–H groups in total. The first-order chi connectivity index (χ1) is 31.7. The van der Waals surface area contributed by atoms with Crippen LogP contribution in [-0.2, 0) is 0 Å². The van der Waals surface area contributed by atoms with Gasteiger partial charge < -0.3 is 18.1 Å². The van der Waals surface area contributed by atoms with Gasteiger partial charge in [0.2, 0.25) is 0 Å². The van der Waals surface area contributed by atoms with E-state index in [2.05, 4.69) is 273 Å². The first-order valence-corrected chi connectivity index (χ1v) is 21.8. The second-order valence-corrected chi connectivity index (χ2v) is 16.3. The van der Waals surface area contributed by atoms with Crippen LogP contribution in [0.5, 0.6) is 0 Å². The Kier molecular flexibility index (Phi) is 9.12. The van der Waals surface area contributed by atoms with Crippen molar-refractivity contribution in [2.75, 3.05) is 4.90 Å². The summed E-state index contributed by atoms with van der Waals surface area (Å²) in [6.45, 7) is 0. The smallest absolute Gasteiger partial charge is 0.0534 e. The van der Waals surface area contributed by atoms with E-state index in [1.54, 1.807) is 0 Å². The van der Waals surface area contributed by atoms with Crippen molar-refractivity contribution in [1.29, 1.82) is 0 Å². The zero-order chi connectivity index (χ0) is 42.4. The first kappa shape index (κ1) is 37.2. The van der Waals surface area contributed by atoms with Gasteiger partial charge in [-0.15, -0.1) is 0 Å². The number of rotatable bonds is 9. The van der Waals surface area contributed by atoms with Crippen LogP contribution in [0, 0.1) is 0 Å². The zero-order valence-electron chi connectivity index (χ0n) is 35.0. The molecule has 4 nitrogen and oxygen atoms in total. The SMILES string of the molecule is c1ccc(-c2cc3cccc(-c4ccc(N(c5ccc(-c6cccc7c(-c8ccccc8)ccn67)cc5)c5ccc(-c6cccc7c(-c8ccccc8)ccn67)cc5)cc4)n3c2)cc1. The van der Waals surface area contributed by atoms with Gasteiger partial charge in [0.25, 0.3) is 0 Å². The fraction of sp³-hybridized carbons (Fsp3) is 0. The predicted octanol–water partition coefficient (Wildman–Crippen LogP) is 15.9. The van der Waals surface area contributed by atoms with Crippen LogP contribution in [0.15, 0.2) is 255 Å². The van der Waals surface area contributed by atoms with Crippen molar-refractivity contribution in [3.8, 4) is 67.2 Å². The Morgan fingerprint density at radius 1 is 0.266 bits per heavy atom. The molecular weight excluding hydrogens is 777 g/mol. The van der Waals surface area contributed by atoms with Crippen molar-refractivity contribution in [1.82, 2.24) is 13.2 Å². The van der Waals surface area contributed by atoms with Crippen molar-refractivity contribution in [2.45, 2.75) is 0 Å². The van der Waals surface area contributed by atoms with E-state index in [-0.39, 0.29) is 0 Å². The molecule has 12 rings (SSSR count). The number of pyridine rings is 3. The summed E-state index contributed by atoms with van der Waals surface area (Å²) >= 11 is 0. The summed E-state index contributed by atoms with van der Waals surface area (Å²) in [6, 6.07) is 85.1. The molecule has 4 heteroatoms. The van der Waals surface area contributed by atoms with Crippen LogP contribution in [0.1, 0.15) is 0 Å².